The minimum Gasteiger partial charge on any atom is -0.493 e. The zero-order valence-corrected chi connectivity index (χ0v) is 22.3. The third-order valence-electron chi connectivity index (χ3n) is 7.43. The van der Waals surface area contributed by atoms with E-state index in [1.165, 1.54) is 0 Å². The number of hydrogen-bond acceptors (Lipinski definition) is 4. The highest BCUT2D eigenvalue weighted by molar-refractivity contribution is 6.31. The van der Waals surface area contributed by atoms with Gasteiger partial charge in [-0.25, -0.2) is 0 Å². The van der Waals surface area contributed by atoms with Gasteiger partial charge in [-0.3, -0.25) is 9.59 Å². The average molecular weight is 513 g/mol. The molecule has 1 saturated carbocycles. The van der Waals surface area contributed by atoms with Crippen molar-refractivity contribution in [1.82, 2.24) is 9.80 Å². The highest BCUT2D eigenvalue weighted by atomic mass is 35.5. The van der Waals surface area contributed by atoms with Crippen LogP contribution in [0.15, 0.2) is 42.5 Å². The van der Waals surface area contributed by atoms with Gasteiger partial charge in [0.25, 0.3) is 5.91 Å². The molecule has 0 unspecified atom stereocenters. The van der Waals surface area contributed by atoms with Gasteiger partial charge in [-0.2, -0.15) is 0 Å². The number of ether oxygens (including phenoxy) is 2. The smallest absolute Gasteiger partial charge is 0.250 e. The lowest BCUT2D eigenvalue weighted by molar-refractivity contribution is -0.159. The van der Waals surface area contributed by atoms with Crippen LogP contribution in [0.2, 0.25) is 5.02 Å². The van der Waals surface area contributed by atoms with Gasteiger partial charge in [-0.1, -0.05) is 49.7 Å². The quantitative estimate of drug-likeness (QED) is 0.434. The average Bonchev–Trinajstić information content (AvgIpc) is 2.89. The van der Waals surface area contributed by atoms with E-state index >= 15 is 0 Å². The molecular weight excluding hydrogens is 476 g/mol. The second-order valence-electron chi connectivity index (χ2n) is 9.97. The Hall–Kier alpha value is -2.73. The Balaban J connectivity index is 1.65. The molecule has 1 heterocycles. The predicted molar refractivity (Wildman–Crippen MR) is 142 cm³/mol. The molecule has 2 amide bonds. The summed E-state index contributed by atoms with van der Waals surface area (Å²) in [5.74, 6) is 1.82. The number of methoxy groups -OCH3 is 1. The standard InChI is InChI=1S/C29H37ClN2O4/c1-4-17-36-25-14-11-22(18-26(25)35-3)28-29(34)32(23-12-9-20(2)10-13-23)19-27(33)31(28)16-15-21-7-5-6-8-24(21)30/h5-8,11,14,18,20,23,28H,4,9-10,12-13,15-17,19H2,1-3H3/t20?,23?,28-/m1/s1. The SMILES string of the molecule is CCCOc1ccc([C@@H]2C(=O)N(C3CCC(C)CC3)CC(=O)N2CCc2ccccc2Cl)cc1OC. The zero-order valence-electron chi connectivity index (χ0n) is 21.5. The number of carbonyl (C=O) groups excluding carboxylic acids is 2. The molecule has 4 rings (SSSR count). The first-order chi connectivity index (χ1) is 17.4. The first-order valence-electron chi connectivity index (χ1n) is 13.1. The molecule has 1 aliphatic carbocycles. The van der Waals surface area contributed by atoms with E-state index in [0.29, 0.717) is 42.0 Å². The second-order valence-corrected chi connectivity index (χ2v) is 10.4. The maximum atomic E-state index is 14.0. The Morgan fingerprint density at radius 1 is 1.03 bits per heavy atom. The van der Waals surface area contributed by atoms with Crippen molar-refractivity contribution in [3.05, 3.63) is 58.6 Å². The number of piperazine rings is 1. The Morgan fingerprint density at radius 3 is 2.47 bits per heavy atom. The lowest BCUT2D eigenvalue weighted by Crippen LogP contribution is -2.59. The van der Waals surface area contributed by atoms with Crippen LogP contribution >= 0.6 is 11.6 Å². The van der Waals surface area contributed by atoms with Crippen molar-refractivity contribution < 1.29 is 19.1 Å². The molecule has 0 spiro atoms. The molecule has 194 valence electrons. The molecule has 2 aromatic rings. The van der Waals surface area contributed by atoms with E-state index in [2.05, 4.69) is 6.92 Å². The summed E-state index contributed by atoms with van der Waals surface area (Å²) >= 11 is 6.39. The van der Waals surface area contributed by atoms with E-state index in [-0.39, 0.29) is 24.4 Å². The maximum Gasteiger partial charge on any atom is 0.250 e. The summed E-state index contributed by atoms with van der Waals surface area (Å²) in [4.78, 5) is 31.1. The molecule has 0 bridgehead atoms. The van der Waals surface area contributed by atoms with E-state index in [4.69, 9.17) is 21.1 Å². The van der Waals surface area contributed by atoms with Gasteiger partial charge in [0.05, 0.1) is 13.7 Å². The summed E-state index contributed by atoms with van der Waals surface area (Å²) in [5.41, 5.74) is 1.70. The van der Waals surface area contributed by atoms with Crippen LogP contribution in [0.5, 0.6) is 11.5 Å². The van der Waals surface area contributed by atoms with Crippen molar-refractivity contribution in [2.24, 2.45) is 5.92 Å². The van der Waals surface area contributed by atoms with E-state index in [1.807, 2.05) is 54.3 Å². The van der Waals surface area contributed by atoms with E-state index in [1.54, 1.807) is 12.0 Å². The molecule has 6 nitrogen and oxygen atoms in total. The number of nitrogens with zero attached hydrogens (tertiary/aromatic N) is 2. The molecule has 2 aliphatic rings. The molecule has 0 aromatic heterocycles. The molecule has 1 saturated heterocycles. The van der Waals surface area contributed by atoms with Gasteiger partial charge in [0.1, 0.15) is 12.6 Å². The molecule has 2 fully saturated rings. The molecule has 7 heteroatoms. The molecule has 0 N–H and O–H groups in total. The van der Waals surface area contributed by atoms with Crippen LogP contribution in [0.3, 0.4) is 0 Å². The zero-order chi connectivity index (χ0) is 25.7. The van der Waals surface area contributed by atoms with Gasteiger partial charge in [-0.15, -0.1) is 0 Å². The first kappa shape index (κ1) is 26.3. The molecule has 1 aliphatic heterocycles. The maximum absolute atomic E-state index is 14.0. The Bertz CT molecular complexity index is 1070. The van der Waals surface area contributed by atoms with Gasteiger partial charge in [0.15, 0.2) is 11.5 Å². The fraction of sp³-hybridized carbons (Fsp3) is 0.517. The lowest BCUT2D eigenvalue weighted by Gasteiger charge is -2.45. The van der Waals surface area contributed by atoms with Crippen molar-refractivity contribution in [1.29, 1.82) is 0 Å². The Morgan fingerprint density at radius 2 is 1.78 bits per heavy atom. The largest absolute Gasteiger partial charge is 0.493 e. The highest BCUT2D eigenvalue weighted by Crippen LogP contribution is 2.37. The van der Waals surface area contributed by atoms with Crippen LogP contribution < -0.4 is 9.47 Å². The van der Waals surface area contributed by atoms with Gasteiger partial charge in [-0.05, 0) is 73.8 Å². The minimum atomic E-state index is -0.706. The summed E-state index contributed by atoms with van der Waals surface area (Å²) in [6.07, 6.45) is 5.51. The van der Waals surface area contributed by atoms with Gasteiger partial charge in [0.2, 0.25) is 5.91 Å². The third-order valence-corrected chi connectivity index (χ3v) is 7.79. The van der Waals surface area contributed by atoms with Crippen LogP contribution in [0, 0.1) is 5.92 Å². The van der Waals surface area contributed by atoms with Crippen LogP contribution in [-0.4, -0.2) is 54.5 Å². The minimum absolute atomic E-state index is 0.0161. The Kier molecular flexibility index (Phi) is 8.78. The number of benzene rings is 2. The topological polar surface area (TPSA) is 59.1 Å². The van der Waals surface area contributed by atoms with Crippen molar-refractivity contribution in [3.63, 3.8) is 0 Å². The fourth-order valence-electron chi connectivity index (χ4n) is 5.32. The number of rotatable bonds is 9. The van der Waals surface area contributed by atoms with E-state index in [9.17, 15) is 9.59 Å². The van der Waals surface area contributed by atoms with E-state index in [0.717, 1.165) is 43.2 Å². The van der Waals surface area contributed by atoms with Crippen molar-refractivity contribution in [2.45, 2.75) is 64.5 Å². The number of carbonyl (C=O) groups is 2. The van der Waals surface area contributed by atoms with Gasteiger partial charge in [0, 0.05) is 17.6 Å². The summed E-state index contributed by atoms with van der Waals surface area (Å²) in [7, 11) is 1.59. The normalized spacial score (nSPS) is 22.6. The van der Waals surface area contributed by atoms with Crippen molar-refractivity contribution in [2.75, 3.05) is 26.8 Å². The third kappa shape index (κ3) is 5.80. The molecule has 36 heavy (non-hydrogen) atoms. The highest BCUT2D eigenvalue weighted by Gasteiger charge is 2.43. The Labute approximate surface area is 219 Å². The fourth-order valence-corrected chi connectivity index (χ4v) is 5.55. The summed E-state index contributed by atoms with van der Waals surface area (Å²) in [6.45, 7) is 5.42. The summed E-state index contributed by atoms with van der Waals surface area (Å²) < 4.78 is 11.4. The summed E-state index contributed by atoms with van der Waals surface area (Å²) in [5, 5.41) is 0.668. The molecule has 2 aromatic carbocycles. The van der Waals surface area contributed by atoms with Gasteiger partial charge < -0.3 is 19.3 Å². The van der Waals surface area contributed by atoms with Crippen LogP contribution in [-0.2, 0) is 16.0 Å². The van der Waals surface area contributed by atoms with Crippen LogP contribution in [0.4, 0.5) is 0 Å². The van der Waals surface area contributed by atoms with Crippen molar-refractivity contribution in [3.8, 4) is 11.5 Å². The van der Waals surface area contributed by atoms with Crippen LogP contribution in [0.25, 0.3) is 0 Å². The van der Waals surface area contributed by atoms with Crippen molar-refractivity contribution >= 4 is 23.4 Å². The molecule has 0 radical (unpaired) electrons. The number of halogens is 1. The van der Waals surface area contributed by atoms with E-state index < -0.39 is 6.04 Å². The van der Waals surface area contributed by atoms with Crippen LogP contribution in [0.1, 0.15) is 63.1 Å². The second kappa shape index (κ2) is 12.0. The summed E-state index contributed by atoms with van der Waals surface area (Å²) in [6, 6.07) is 12.6. The first-order valence-corrected chi connectivity index (χ1v) is 13.4. The predicted octanol–water partition coefficient (Wildman–Crippen LogP) is 5.67. The lowest BCUT2D eigenvalue weighted by atomic mass is 9.85. The number of hydrogen-bond donors (Lipinski definition) is 0. The van der Waals surface area contributed by atoms with Gasteiger partial charge >= 0.3 is 0 Å². The molecular formula is C29H37ClN2O4. The number of amides is 2. The monoisotopic (exact) mass is 512 g/mol. The molecule has 1 atom stereocenters.